The summed E-state index contributed by atoms with van der Waals surface area (Å²) >= 11 is 5.88. The molecule has 1 unspecified atom stereocenters. The molecule has 1 N–H and O–H groups in total. The number of carbonyl (C=O) groups is 1. The Morgan fingerprint density at radius 1 is 1.38 bits per heavy atom. The van der Waals surface area contributed by atoms with Gasteiger partial charge < -0.3 is 10.2 Å². The molecule has 112 valence electrons. The number of non-ortho nitro benzene ring substituents is 1. The van der Waals surface area contributed by atoms with Gasteiger partial charge in [0.05, 0.1) is 4.92 Å². The maximum Gasteiger partial charge on any atom is 0.271 e. The molecule has 6 nitrogen and oxygen atoms in total. The van der Waals surface area contributed by atoms with Crippen molar-refractivity contribution in [1.29, 1.82) is 0 Å². The quantitative estimate of drug-likeness (QED) is 0.670. The van der Waals surface area contributed by atoms with Crippen LogP contribution in [0.1, 0.15) is 23.2 Å². The number of hydrogen-bond acceptors (Lipinski definition) is 4. The summed E-state index contributed by atoms with van der Waals surface area (Å²) in [5, 5.41) is 14.4. The van der Waals surface area contributed by atoms with E-state index >= 15 is 0 Å². The number of carbonyl (C=O) groups excluding carboxylic acids is 1. The van der Waals surface area contributed by atoms with Gasteiger partial charge in [0.2, 0.25) is 0 Å². The fraction of sp³-hybridized carbons (Fsp3) is 0.500. The first-order chi connectivity index (χ1) is 9.99. The van der Waals surface area contributed by atoms with Gasteiger partial charge in [-0.2, -0.15) is 0 Å². The number of rotatable bonds is 2. The average Bonchev–Trinajstić information content (AvgIpc) is 3.08. The molecule has 0 bridgehead atoms. The first-order valence-corrected chi connectivity index (χ1v) is 7.32. The van der Waals surface area contributed by atoms with Gasteiger partial charge in [-0.15, -0.1) is 0 Å². The number of likely N-dealkylation sites (tertiary alicyclic amines) is 1. The Kier molecular flexibility index (Phi) is 3.59. The molecule has 2 aliphatic rings. The Labute approximate surface area is 127 Å². The molecule has 1 amide bonds. The Hall–Kier alpha value is -1.66. The SMILES string of the molecule is O=C(c1cc(Cl)cc([N+](=O)[O-])c1)N1CCC2(CCNC2)C1. The first-order valence-electron chi connectivity index (χ1n) is 6.94. The van der Waals surface area contributed by atoms with Crippen molar-refractivity contribution < 1.29 is 9.72 Å². The minimum Gasteiger partial charge on any atom is -0.338 e. The summed E-state index contributed by atoms with van der Waals surface area (Å²) in [6.07, 6.45) is 2.06. The first kappa shape index (κ1) is 14.3. The highest BCUT2D eigenvalue weighted by Crippen LogP contribution is 2.36. The minimum atomic E-state index is -0.533. The lowest BCUT2D eigenvalue weighted by Crippen LogP contribution is -2.33. The molecular formula is C14H16ClN3O3. The van der Waals surface area contributed by atoms with Crippen LogP contribution < -0.4 is 5.32 Å². The minimum absolute atomic E-state index is 0.151. The molecule has 2 heterocycles. The number of nitrogens with one attached hydrogen (secondary N) is 1. The van der Waals surface area contributed by atoms with Crippen molar-refractivity contribution in [3.05, 3.63) is 38.9 Å². The van der Waals surface area contributed by atoms with Gasteiger partial charge in [-0.25, -0.2) is 0 Å². The highest BCUT2D eigenvalue weighted by molar-refractivity contribution is 6.31. The Morgan fingerprint density at radius 2 is 2.19 bits per heavy atom. The van der Waals surface area contributed by atoms with E-state index in [2.05, 4.69) is 5.32 Å². The lowest BCUT2D eigenvalue weighted by Gasteiger charge is -2.22. The molecule has 3 rings (SSSR count). The number of hydrogen-bond donors (Lipinski definition) is 1. The molecule has 2 saturated heterocycles. The predicted molar refractivity (Wildman–Crippen MR) is 78.5 cm³/mol. The normalized spacial score (nSPS) is 24.7. The van der Waals surface area contributed by atoms with Crippen molar-refractivity contribution >= 4 is 23.2 Å². The Morgan fingerprint density at radius 3 is 2.86 bits per heavy atom. The molecular weight excluding hydrogens is 294 g/mol. The summed E-state index contributed by atoms with van der Waals surface area (Å²) in [5.74, 6) is -0.177. The van der Waals surface area contributed by atoms with Crippen LogP contribution in [0.3, 0.4) is 0 Å². The average molecular weight is 310 g/mol. The van der Waals surface area contributed by atoms with Crippen molar-refractivity contribution in [1.82, 2.24) is 10.2 Å². The number of nitro benzene ring substituents is 1. The summed E-state index contributed by atoms with van der Waals surface area (Å²) in [7, 11) is 0. The summed E-state index contributed by atoms with van der Waals surface area (Å²) in [6, 6.07) is 4.05. The summed E-state index contributed by atoms with van der Waals surface area (Å²) in [5.41, 5.74) is 0.319. The van der Waals surface area contributed by atoms with Crippen LogP contribution in [0.25, 0.3) is 0 Å². The van der Waals surface area contributed by atoms with Crippen molar-refractivity contribution in [2.45, 2.75) is 12.8 Å². The van der Waals surface area contributed by atoms with E-state index in [0.717, 1.165) is 25.9 Å². The fourth-order valence-corrected chi connectivity index (χ4v) is 3.47. The number of amides is 1. The molecule has 7 heteroatoms. The molecule has 2 aliphatic heterocycles. The van der Waals surface area contributed by atoms with Crippen molar-refractivity contribution in [3.8, 4) is 0 Å². The van der Waals surface area contributed by atoms with Crippen LogP contribution in [0.4, 0.5) is 5.69 Å². The molecule has 1 aromatic rings. The van der Waals surface area contributed by atoms with Gasteiger partial charge in [0.25, 0.3) is 11.6 Å². The van der Waals surface area contributed by atoms with E-state index in [4.69, 9.17) is 11.6 Å². The smallest absolute Gasteiger partial charge is 0.271 e. The number of nitrogens with zero attached hydrogens (tertiary/aromatic N) is 2. The predicted octanol–water partition coefficient (Wildman–Crippen LogP) is 2.07. The van der Waals surface area contributed by atoms with Gasteiger partial charge in [-0.05, 0) is 25.5 Å². The van der Waals surface area contributed by atoms with Crippen LogP contribution in [0.2, 0.25) is 5.02 Å². The fourth-order valence-electron chi connectivity index (χ4n) is 3.24. The maximum absolute atomic E-state index is 12.5. The van der Waals surface area contributed by atoms with Crippen LogP contribution in [-0.2, 0) is 0 Å². The number of benzene rings is 1. The van der Waals surface area contributed by atoms with Crippen LogP contribution in [-0.4, -0.2) is 41.9 Å². The van der Waals surface area contributed by atoms with Gasteiger partial charge in [0.15, 0.2) is 0 Å². The highest BCUT2D eigenvalue weighted by atomic mass is 35.5. The molecule has 0 aliphatic carbocycles. The van der Waals surface area contributed by atoms with E-state index in [1.807, 2.05) is 0 Å². The third-order valence-electron chi connectivity index (χ3n) is 4.40. The van der Waals surface area contributed by atoms with Gasteiger partial charge in [0.1, 0.15) is 0 Å². The van der Waals surface area contributed by atoms with Crippen molar-refractivity contribution in [2.24, 2.45) is 5.41 Å². The molecule has 2 fully saturated rings. The summed E-state index contributed by atoms with van der Waals surface area (Å²) in [6.45, 7) is 3.33. The largest absolute Gasteiger partial charge is 0.338 e. The lowest BCUT2D eigenvalue weighted by molar-refractivity contribution is -0.384. The standard InChI is InChI=1S/C14H16ClN3O3/c15-11-5-10(6-12(7-11)18(20)21)13(19)17-4-2-14(9-17)1-3-16-8-14/h5-7,16H,1-4,8-9H2. The topological polar surface area (TPSA) is 75.5 Å². The summed E-state index contributed by atoms with van der Waals surface area (Å²) < 4.78 is 0. The van der Waals surface area contributed by atoms with E-state index in [1.54, 1.807) is 4.90 Å². The third-order valence-corrected chi connectivity index (χ3v) is 4.62. The van der Waals surface area contributed by atoms with E-state index < -0.39 is 4.92 Å². The zero-order valence-electron chi connectivity index (χ0n) is 11.5. The second-order valence-electron chi connectivity index (χ2n) is 5.86. The Balaban J connectivity index is 1.81. The molecule has 1 spiro atoms. The Bertz CT molecular complexity index is 599. The van der Waals surface area contributed by atoms with Gasteiger partial charge in [0, 0.05) is 47.8 Å². The van der Waals surface area contributed by atoms with Gasteiger partial charge in [-0.1, -0.05) is 11.6 Å². The van der Waals surface area contributed by atoms with Crippen LogP contribution >= 0.6 is 11.6 Å². The molecule has 0 saturated carbocycles. The van der Waals surface area contributed by atoms with Crippen LogP contribution in [0.15, 0.2) is 18.2 Å². The van der Waals surface area contributed by atoms with E-state index in [-0.39, 0.29) is 27.6 Å². The second-order valence-corrected chi connectivity index (χ2v) is 6.30. The molecule has 1 aromatic carbocycles. The summed E-state index contributed by atoms with van der Waals surface area (Å²) in [4.78, 5) is 24.7. The molecule has 1 atom stereocenters. The zero-order valence-corrected chi connectivity index (χ0v) is 12.2. The van der Waals surface area contributed by atoms with Crippen LogP contribution in [0.5, 0.6) is 0 Å². The monoisotopic (exact) mass is 309 g/mol. The molecule has 21 heavy (non-hydrogen) atoms. The van der Waals surface area contributed by atoms with E-state index in [0.29, 0.717) is 13.1 Å². The second kappa shape index (κ2) is 5.27. The van der Waals surface area contributed by atoms with E-state index in [9.17, 15) is 14.9 Å². The third kappa shape index (κ3) is 2.73. The van der Waals surface area contributed by atoms with Gasteiger partial charge in [-0.3, -0.25) is 14.9 Å². The van der Waals surface area contributed by atoms with Crippen LogP contribution in [0, 0.1) is 15.5 Å². The van der Waals surface area contributed by atoms with E-state index in [1.165, 1.54) is 18.2 Å². The highest BCUT2D eigenvalue weighted by Gasteiger charge is 2.42. The van der Waals surface area contributed by atoms with Gasteiger partial charge >= 0.3 is 0 Å². The molecule has 0 radical (unpaired) electrons. The number of nitro groups is 1. The van der Waals surface area contributed by atoms with Crippen molar-refractivity contribution in [2.75, 3.05) is 26.2 Å². The molecule has 0 aromatic heterocycles. The number of halogens is 1. The van der Waals surface area contributed by atoms with Crippen molar-refractivity contribution in [3.63, 3.8) is 0 Å². The zero-order chi connectivity index (χ0) is 15.0. The lowest BCUT2D eigenvalue weighted by atomic mass is 9.86. The maximum atomic E-state index is 12.5.